The van der Waals surface area contributed by atoms with Gasteiger partial charge in [-0.05, 0) is 72.8 Å². The number of amides is 2. The number of benzene rings is 3. The van der Waals surface area contributed by atoms with E-state index in [1.807, 2.05) is 65.2 Å². The molecule has 8 nitrogen and oxygen atoms in total. The molecule has 0 N–H and O–H groups in total. The van der Waals surface area contributed by atoms with Gasteiger partial charge < -0.3 is 24.2 Å². The average Bonchev–Trinajstić information content (AvgIpc) is 3.64. The van der Waals surface area contributed by atoms with Gasteiger partial charge in [0.1, 0.15) is 12.4 Å². The molecule has 0 radical (unpaired) electrons. The summed E-state index contributed by atoms with van der Waals surface area (Å²) in [6, 6.07) is 20.7. The Hall–Kier alpha value is -3.76. The molecule has 0 unspecified atom stereocenters. The largest absolute Gasteiger partial charge is 0.343 e. The van der Waals surface area contributed by atoms with Crippen molar-refractivity contribution in [2.24, 2.45) is 0 Å². The maximum atomic E-state index is 14.4. The molecule has 2 saturated heterocycles. The van der Waals surface area contributed by atoms with Gasteiger partial charge in [0.2, 0.25) is 5.91 Å². The number of nitrogens with zero attached hydrogens (tertiary/aromatic N) is 6. The molecule has 0 bridgehead atoms. The topological polar surface area (TPSA) is 55.3 Å². The number of piperazine rings is 1. The number of hydrogen-bond acceptors (Lipinski definition) is 5. The molecule has 4 aromatic rings. The molecule has 10 heteroatoms. The molecule has 4 heterocycles. The molecule has 1 aromatic heterocycles. The van der Waals surface area contributed by atoms with Crippen LogP contribution in [0.25, 0.3) is 10.9 Å². The van der Waals surface area contributed by atoms with Crippen molar-refractivity contribution in [3.8, 4) is 0 Å². The van der Waals surface area contributed by atoms with Crippen molar-refractivity contribution in [2.75, 3.05) is 71.4 Å². The normalized spacial score (nSPS) is 19.0. The fourth-order valence-electron chi connectivity index (χ4n) is 7.63. The molecule has 3 aliphatic rings. The summed E-state index contributed by atoms with van der Waals surface area (Å²) in [6.45, 7) is 7.92. The summed E-state index contributed by atoms with van der Waals surface area (Å²) in [5, 5.41) is 1.49. The molecule has 3 aliphatic heterocycles. The zero-order chi connectivity index (χ0) is 32.7. The lowest BCUT2D eigenvalue weighted by Gasteiger charge is -2.51. The van der Waals surface area contributed by atoms with Crippen LogP contribution in [0, 0.1) is 5.82 Å². The third-order valence-electron chi connectivity index (χ3n) is 10.6. The van der Waals surface area contributed by atoms with E-state index < -0.39 is 0 Å². The van der Waals surface area contributed by atoms with Crippen LogP contribution in [0.1, 0.15) is 34.3 Å². The van der Waals surface area contributed by atoms with Gasteiger partial charge in [-0.3, -0.25) is 14.5 Å². The number of halogens is 2. The second-order valence-electron chi connectivity index (χ2n) is 13.3. The predicted octanol–water partition coefficient (Wildman–Crippen LogP) is 5.29. The minimum Gasteiger partial charge on any atom is -0.343 e. The van der Waals surface area contributed by atoms with Gasteiger partial charge >= 0.3 is 0 Å². The number of fused-ring (bicyclic) bond motifs is 2. The second kappa shape index (κ2) is 13.0. The molecule has 0 spiro atoms. The van der Waals surface area contributed by atoms with Gasteiger partial charge in [0.15, 0.2) is 0 Å². The number of aromatic nitrogens is 1. The maximum Gasteiger partial charge on any atom is 0.260 e. The van der Waals surface area contributed by atoms with E-state index in [-0.39, 0.29) is 29.7 Å². The van der Waals surface area contributed by atoms with Crippen LogP contribution in [0.2, 0.25) is 5.02 Å². The molecule has 246 valence electrons. The Bertz CT molecular complexity index is 1790. The van der Waals surface area contributed by atoms with Gasteiger partial charge in [-0.1, -0.05) is 41.9 Å². The number of anilines is 1. The van der Waals surface area contributed by atoms with E-state index in [1.165, 1.54) is 6.07 Å². The van der Waals surface area contributed by atoms with Crippen LogP contribution in [0.4, 0.5) is 10.1 Å². The monoisotopic (exact) mass is 656 g/mol. The van der Waals surface area contributed by atoms with Gasteiger partial charge in [0.25, 0.3) is 5.91 Å². The quantitative estimate of drug-likeness (QED) is 0.258. The van der Waals surface area contributed by atoms with Gasteiger partial charge in [-0.2, -0.15) is 0 Å². The van der Waals surface area contributed by atoms with Crippen molar-refractivity contribution in [1.82, 2.24) is 24.2 Å². The Labute approximate surface area is 280 Å². The summed E-state index contributed by atoms with van der Waals surface area (Å²) in [7, 11) is 4.03. The average molecular weight is 657 g/mol. The summed E-state index contributed by atoms with van der Waals surface area (Å²) in [4.78, 5) is 37.6. The predicted molar refractivity (Wildman–Crippen MR) is 184 cm³/mol. The smallest absolute Gasteiger partial charge is 0.260 e. The van der Waals surface area contributed by atoms with E-state index >= 15 is 0 Å². The first-order valence-electron chi connectivity index (χ1n) is 16.6. The zero-order valence-corrected chi connectivity index (χ0v) is 27.9. The molecule has 0 saturated carbocycles. The van der Waals surface area contributed by atoms with Crippen LogP contribution in [0.5, 0.6) is 0 Å². The van der Waals surface area contributed by atoms with Crippen LogP contribution in [0.3, 0.4) is 0 Å². The maximum absolute atomic E-state index is 14.4. The fraction of sp³-hybridized carbons (Fsp3) is 0.405. The van der Waals surface area contributed by atoms with Crippen molar-refractivity contribution in [2.45, 2.75) is 31.5 Å². The molecule has 0 atom stereocenters. The summed E-state index contributed by atoms with van der Waals surface area (Å²) >= 11 is 6.35. The number of likely N-dealkylation sites (N-methyl/N-ethyl adjacent to an activating group) is 2. The van der Waals surface area contributed by atoms with Crippen LogP contribution < -0.4 is 4.90 Å². The summed E-state index contributed by atoms with van der Waals surface area (Å²) in [6.07, 6.45) is 3.81. The highest BCUT2D eigenvalue weighted by molar-refractivity contribution is 6.35. The summed E-state index contributed by atoms with van der Waals surface area (Å²) < 4.78 is 16.3. The third-order valence-corrected chi connectivity index (χ3v) is 10.9. The molecular weight excluding hydrogens is 615 g/mol. The Kier molecular flexibility index (Phi) is 8.82. The van der Waals surface area contributed by atoms with Gasteiger partial charge in [0, 0.05) is 76.8 Å². The Morgan fingerprint density at radius 1 is 0.957 bits per heavy atom. The van der Waals surface area contributed by atoms with Crippen molar-refractivity contribution in [3.05, 3.63) is 100 Å². The first kappa shape index (κ1) is 31.8. The molecule has 0 aliphatic carbocycles. The van der Waals surface area contributed by atoms with Crippen LogP contribution >= 0.6 is 11.6 Å². The van der Waals surface area contributed by atoms with Crippen molar-refractivity contribution >= 4 is 40.0 Å². The number of carbonyl (C=O) groups excluding carboxylic acids is 2. The SMILES string of the molecule is CN1CCN(C2(c3cccc(F)c3)CCN(CCN(C)C(=O)Cn3ccc4ccc(N5Cc6cccc(Cl)c6C5=O)cc43)CC2)CC1. The number of likely N-dealkylation sites (tertiary alicyclic amines) is 1. The summed E-state index contributed by atoms with van der Waals surface area (Å²) in [5.74, 6) is -0.244. The third kappa shape index (κ3) is 6.18. The Morgan fingerprint density at radius 2 is 1.72 bits per heavy atom. The highest BCUT2D eigenvalue weighted by Crippen LogP contribution is 2.40. The van der Waals surface area contributed by atoms with Crippen LogP contribution in [0.15, 0.2) is 72.9 Å². The molecule has 2 fully saturated rings. The minimum atomic E-state index is -0.176. The van der Waals surface area contributed by atoms with E-state index in [1.54, 1.807) is 17.0 Å². The van der Waals surface area contributed by atoms with E-state index in [0.29, 0.717) is 23.7 Å². The van der Waals surface area contributed by atoms with Gasteiger partial charge in [-0.15, -0.1) is 0 Å². The van der Waals surface area contributed by atoms with E-state index in [9.17, 15) is 14.0 Å². The van der Waals surface area contributed by atoms with Crippen LogP contribution in [-0.2, 0) is 23.4 Å². The summed E-state index contributed by atoms with van der Waals surface area (Å²) in [5.41, 5.74) is 4.10. The molecule has 3 aromatic carbocycles. The standard InChI is InChI=1S/C37H42ClFN6O2/c1-40-17-21-44(22-18-40)37(29-6-4-7-30(39)23-29)12-15-42(16-13-37)20-19-41(2)34(46)26-43-14-11-27-9-10-31(24-33(27)43)45-25-28-5-3-8-32(38)35(28)36(45)47/h3-11,14,23-24H,12-13,15-22,25-26H2,1-2H3. The second-order valence-corrected chi connectivity index (χ2v) is 13.7. The lowest BCUT2D eigenvalue weighted by atomic mass is 9.78. The number of piperidine rings is 1. The minimum absolute atomic E-state index is 0.0351. The zero-order valence-electron chi connectivity index (χ0n) is 27.2. The molecule has 7 rings (SSSR count). The highest BCUT2D eigenvalue weighted by atomic mass is 35.5. The van der Waals surface area contributed by atoms with Gasteiger partial charge in [0.05, 0.1) is 22.6 Å². The Balaban J connectivity index is 0.977. The highest BCUT2D eigenvalue weighted by Gasteiger charge is 2.42. The van der Waals surface area contributed by atoms with E-state index in [2.05, 4.69) is 27.8 Å². The first-order valence-corrected chi connectivity index (χ1v) is 16.9. The lowest BCUT2D eigenvalue weighted by Crippen LogP contribution is -2.58. The lowest BCUT2D eigenvalue weighted by molar-refractivity contribution is -0.130. The first-order chi connectivity index (χ1) is 22.7. The molecule has 47 heavy (non-hydrogen) atoms. The Morgan fingerprint density at radius 3 is 2.47 bits per heavy atom. The van der Waals surface area contributed by atoms with Crippen molar-refractivity contribution in [3.63, 3.8) is 0 Å². The molecule has 2 amide bonds. The van der Waals surface area contributed by atoms with E-state index in [4.69, 9.17) is 11.6 Å². The van der Waals surface area contributed by atoms with Crippen molar-refractivity contribution in [1.29, 1.82) is 0 Å². The number of carbonyl (C=O) groups is 2. The van der Waals surface area contributed by atoms with Gasteiger partial charge in [-0.25, -0.2) is 4.39 Å². The van der Waals surface area contributed by atoms with Crippen molar-refractivity contribution < 1.29 is 14.0 Å². The number of rotatable bonds is 8. The van der Waals surface area contributed by atoms with E-state index in [0.717, 1.165) is 86.4 Å². The number of hydrogen-bond donors (Lipinski definition) is 0. The fourth-order valence-corrected chi connectivity index (χ4v) is 7.91. The van der Waals surface area contributed by atoms with Crippen LogP contribution in [-0.4, -0.2) is 102 Å². The molecular formula is C37H42ClFN6O2.